The number of benzene rings is 1. The Kier molecular flexibility index (Phi) is 4.16. The van der Waals surface area contributed by atoms with Crippen LogP contribution in [-0.2, 0) is 4.74 Å². The van der Waals surface area contributed by atoms with Crippen molar-refractivity contribution in [3.05, 3.63) is 36.0 Å². The predicted molar refractivity (Wildman–Crippen MR) is 80.8 cm³/mol. The number of ether oxygens (including phenoxy) is 1. The number of carboxylic acids is 1. The Bertz CT molecular complexity index is 684. The molecule has 7 heteroatoms. The highest BCUT2D eigenvalue weighted by molar-refractivity contribution is 5.88. The van der Waals surface area contributed by atoms with Gasteiger partial charge in [0.25, 0.3) is 0 Å². The van der Waals surface area contributed by atoms with Crippen molar-refractivity contribution >= 4 is 18.0 Å². The zero-order valence-corrected chi connectivity index (χ0v) is 12.5. The maximum atomic E-state index is 11.6. The number of hydrogen-bond acceptors (Lipinski definition) is 4. The van der Waals surface area contributed by atoms with Crippen molar-refractivity contribution in [2.45, 2.75) is 26.4 Å². The molecule has 0 radical (unpaired) electrons. The molecule has 0 saturated heterocycles. The number of hydrogen-bond donors (Lipinski definition) is 3. The van der Waals surface area contributed by atoms with Crippen molar-refractivity contribution in [2.24, 2.45) is 0 Å². The van der Waals surface area contributed by atoms with Gasteiger partial charge in [-0.15, -0.1) is 0 Å². The number of rotatable bonds is 3. The number of anilines is 1. The number of carbonyl (C=O) groups is 2. The highest BCUT2D eigenvalue weighted by Gasteiger charge is 2.17. The number of aromatic amines is 1. The second-order valence-corrected chi connectivity index (χ2v) is 5.65. The van der Waals surface area contributed by atoms with E-state index in [1.807, 2.05) is 0 Å². The lowest BCUT2D eigenvalue weighted by atomic mass is 10.1. The number of carboxylic acid groups (broad SMARTS) is 1. The van der Waals surface area contributed by atoms with Gasteiger partial charge in [0.05, 0.1) is 17.5 Å². The van der Waals surface area contributed by atoms with Gasteiger partial charge in [-0.2, -0.15) is 0 Å². The Morgan fingerprint density at radius 2 is 1.86 bits per heavy atom. The lowest BCUT2D eigenvalue weighted by molar-refractivity contribution is 0.0633. The van der Waals surface area contributed by atoms with E-state index in [0.717, 1.165) is 5.56 Å². The van der Waals surface area contributed by atoms with E-state index in [1.54, 1.807) is 39.1 Å². The normalized spacial score (nSPS) is 11.0. The molecule has 0 spiro atoms. The summed E-state index contributed by atoms with van der Waals surface area (Å²) in [7, 11) is 0. The molecule has 2 aromatic rings. The molecule has 1 aromatic carbocycles. The molecule has 0 bridgehead atoms. The molecule has 116 valence electrons. The summed E-state index contributed by atoms with van der Waals surface area (Å²) in [6.45, 7) is 5.30. The maximum Gasteiger partial charge on any atom is 0.414 e. The Hall–Kier alpha value is -2.83. The fraction of sp³-hybridized carbons (Fsp3) is 0.267. The van der Waals surface area contributed by atoms with Crippen molar-refractivity contribution in [3.63, 3.8) is 0 Å². The minimum atomic E-state index is -0.983. The topological polar surface area (TPSA) is 104 Å². The fourth-order valence-corrected chi connectivity index (χ4v) is 1.72. The van der Waals surface area contributed by atoms with Gasteiger partial charge in [-0.3, -0.25) is 5.32 Å². The van der Waals surface area contributed by atoms with Crippen molar-refractivity contribution in [1.82, 2.24) is 9.97 Å². The third kappa shape index (κ3) is 4.08. The van der Waals surface area contributed by atoms with Crippen LogP contribution in [0.4, 0.5) is 10.7 Å². The molecule has 22 heavy (non-hydrogen) atoms. The Morgan fingerprint density at radius 3 is 2.41 bits per heavy atom. The van der Waals surface area contributed by atoms with E-state index in [4.69, 9.17) is 9.84 Å². The van der Waals surface area contributed by atoms with Crippen LogP contribution < -0.4 is 5.32 Å². The number of nitrogens with zero attached hydrogens (tertiary/aromatic N) is 1. The van der Waals surface area contributed by atoms with Gasteiger partial charge in [-0.1, -0.05) is 12.1 Å². The van der Waals surface area contributed by atoms with Crippen LogP contribution in [0.15, 0.2) is 30.5 Å². The number of aromatic carboxylic acids is 1. The number of H-pyrrole nitrogens is 1. The summed E-state index contributed by atoms with van der Waals surface area (Å²) in [4.78, 5) is 29.4. The highest BCUT2D eigenvalue weighted by atomic mass is 16.6. The fourth-order valence-electron chi connectivity index (χ4n) is 1.72. The molecule has 0 unspecified atom stereocenters. The first kappa shape index (κ1) is 15.6. The number of nitrogens with one attached hydrogen (secondary N) is 2. The first-order chi connectivity index (χ1) is 10.2. The number of imidazole rings is 1. The van der Waals surface area contributed by atoms with E-state index >= 15 is 0 Å². The van der Waals surface area contributed by atoms with Crippen LogP contribution >= 0.6 is 0 Å². The Morgan fingerprint density at radius 1 is 1.23 bits per heavy atom. The van der Waals surface area contributed by atoms with Crippen LogP contribution in [0.2, 0.25) is 0 Å². The molecule has 0 aliphatic carbocycles. The standard InChI is InChI=1S/C15H17N3O4/c1-15(2,3)22-14(21)18-13-16-8-11(17-13)9-4-6-10(7-5-9)12(19)20/h4-8H,1-3H3,(H,19,20)(H2,16,17,18,21). The van der Waals surface area contributed by atoms with Gasteiger partial charge in [0.1, 0.15) is 5.60 Å². The molecule has 3 N–H and O–H groups in total. The summed E-state index contributed by atoms with van der Waals surface area (Å²) >= 11 is 0. The summed E-state index contributed by atoms with van der Waals surface area (Å²) in [6, 6.07) is 6.32. The second kappa shape index (κ2) is 5.88. The van der Waals surface area contributed by atoms with Crippen molar-refractivity contribution in [2.75, 3.05) is 5.32 Å². The zero-order chi connectivity index (χ0) is 16.3. The summed E-state index contributed by atoms with van der Waals surface area (Å²) in [5.41, 5.74) is 1.03. The van der Waals surface area contributed by atoms with Crippen LogP contribution in [0.1, 0.15) is 31.1 Å². The summed E-state index contributed by atoms with van der Waals surface area (Å²) in [6.07, 6.45) is 0.942. The SMILES string of the molecule is CC(C)(C)OC(=O)Nc1ncc(-c2ccc(C(=O)O)cc2)[nH]1. The largest absolute Gasteiger partial charge is 0.478 e. The third-order valence-electron chi connectivity index (χ3n) is 2.64. The minimum absolute atomic E-state index is 0.204. The molecule has 1 aromatic heterocycles. The van der Waals surface area contributed by atoms with Crippen molar-refractivity contribution in [3.8, 4) is 11.3 Å². The monoisotopic (exact) mass is 303 g/mol. The zero-order valence-electron chi connectivity index (χ0n) is 12.5. The minimum Gasteiger partial charge on any atom is -0.478 e. The van der Waals surface area contributed by atoms with Gasteiger partial charge in [0.2, 0.25) is 5.95 Å². The lowest BCUT2D eigenvalue weighted by Gasteiger charge is -2.18. The molecule has 1 amide bonds. The van der Waals surface area contributed by atoms with Gasteiger partial charge in [-0.25, -0.2) is 14.6 Å². The molecule has 0 aliphatic heterocycles. The van der Waals surface area contributed by atoms with Crippen LogP contribution in [0, 0.1) is 0 Å². The second-order valence-electron chi connectivity index (χ2n) is 5.65. The lowest BCUT2D eigenvalue weighted by Crippen LogP contribution is -2.27. The third-order valence-corrected chi connectivity index (χ3v) is 2.64. The van der Waals surface area contributed by atoms with E-state index in [-0.39, 0.29) is 11.5 Å². The average molecular weight is 303 g/mol. The first-order valence-corrected chi connectivity index (χ1v) is 6.63. The molecule has 0 aliphatic rings. The Labute approximate surface area is 127 Å². The number of carbonyl (C=O) groups excluding carboxylic acids is 1. The summed E-state index contributed by atoms with van der Waals surface area (Å²) in [5, 5.41) is 11.4. The number of amides is 1. The predicted octanol–water partition coefficient (Wildman–Crippen LogP) is 3.12. The van der Waals surface area contributed by atoms with E-state index in [2.05, 4.69) is 15.3 Å². The van der Waals surface area contributed by atoms with Gasteiger partial charge >= 0.3 is 12.1 Å². The van der Waals surface area contributed by atoms with E-state index in [9.17, 15) is 9.59 Å². The van der Waals surface area contributed by atoms with Crippen LogP contribution in [0.5, 0.6) is 0 Å². The molecule has 7 nitrogen and oxygen atoms in total. The Balaban J connectivity index is 2.08. The van der Waals surface area contributed by atoms with E-state index in [0.29, 0.717) is 5.69 Å². The summed E-state index contributed by atoms with van der Waals surface area (Å²) < 4.78 is 5.12. The van der Waals surface area contributed by atoms with Crippen molar-refractivity contribution < 1.29 is 19.4 Å². The first-order valence-electron chi connectivity index (χ1n) is 6.63. The van der Waals surface area contributed by atoms with Crippen LogP contribution in [0.3, 0.4) is 0 Å². The van der Waals surface area contributed by atoms with E-state index < -0.39 is 17.7 Å². The molecule has 1 heterocycles. The molecule has 0 fully saturated rings. The molecular weight excluding hydrogens is 286 g/mol. The molecule has 0 saturated carbocycles. The van der Waals surface area contributed by atoms with E-state index in [1.165, 1.54) is 12.1 Å². The van der Waals surface area contributed by atoms with Crippen LogP contribution in [0.25, 0.3) is 11.3 Å². The number of aromatic nitrogens is 2. The van der Waals surface area contributed by atoms with Crippen LogP contribution in [-0.4, -0.2) is 32.7 Å². The molecule has 0 atom stereocenters. The average Bonchev–Trinajstić information content (AvgIpc) is 2.85. The molecule has 2 rings (SSSR count). The molecular formula is C15H17N3O4. The smallest absolute Gasteiger partial charge is 0.414 e. The van der Waals surface area contributed by atoms with Gasteiger partial charge in [-0.05, 0) is 38.5 Å². The maximum absolute atomic E-state index is 11.6. The highest BCUT2D eigenvalue weighted by Crippen LogP contribution is 2.19. The van der Waals surface area contributed by atoms with Gasteiger partial charge in [0, 0.05) is 0 Å². The van der Waals surface area contributed by atoms with Crippen molar-refractivity contribution in [1.29, 1.82) is 0 Å². The van der Waals surface area contributed by atoms with Gasteiger partial charge in [0.15, 0.2) is 0 Å². The van der Waals surface area contributed by atoms with Gasteiger partial charge < -0.3 is 14.8 Å². The summed E-state index contributed by atoms with van der Waals surface area (Å²) in [5.74, 6) is -0.727. The quantitative estimate of drug-likeness (QED) is 0.808.